The van der Waals surface area contributed by atoms with Crippen LogP contribution in [0.15, 0.2) is 59.8 Å². The summed E-state index contributed by atoms with van der Waals surface area (Å²) in [6, 6.07) is 12.8. The van der Waals surface area contributed by atoms with Crippen LogP contribution in [-0.4, -0.2) is 30.1 Å². The van der Waals surface area contributed by atoms with Crippen molar-refractivity contribution in [2.45, 2.75) is 18.2 Å². The summed E-state index contributed by atoms with van der Waals surface area (Å²) in [5, 5.41) is 3.29. The normalized spacial score (nSPS) is 11.7. The molecule has 0 fully saturated rings. The van der Waals surface area contributed by atoms with E-state index in [2.05, 4.69) is 10.3 Å². The third-order valence-corrected chi connectivity index (χ3v) is 5.47. The molecule has 0 spiro atoms. The van der Waals surface area contributed by atoms with Crippen molar-refractivity contribution in [2.24, 2.45) is 0 Å². The molecular weight excluding hydrogens is 310 g/mol. The van der Waals surface area contributed by atoms with Crippen LogP contribution in [0.2, 0.25) is 0 Å². The molecule has 6 heteroatoms. The molecule has 0 saturated heterocycles. The summed E-state index contributed by atoms with van der Waals surface area (Å²) < 4.78 is 25.5. The molecule has 0 unspecified atom stereocenters. The number of imidazole rings is 1. The largest absolute Gasteiger partial charge is 0.385 e. The Kier molecular flexibility index (Phi) is 4.34. The van der Waals surface area contributed by atoms with E-state index in [9.17, 15) is 8.42 Å². The second kappa shape index (κ2) is 6.42. The van der Waals surface area contributed by atoms with E-state index in [0.717, 1.165) is 30.0 Å². The van der Waals surface area contributed by atoms with Gasteiger partial charge in [0, 0.05) is 31.0 Å². The van der Waals surface area contributed by atoms with Crippen molar-refractivity contribution in [1.29, 1.82) is 0 Å². The molecule has 0 saturated carbocycles. The van der Waals surface area contributed by atoms with Crippen LogP contribution < -0.4 is 5.32 Å². The molecule has 0 aliphatic carbocycles. The zero-order chi connectivity index (χ0) is 16.3. The van der Waals surface area contributed by atoms with Gasteiger partial charge in [-0.1, -0.05) is 13.0 Å². The number of pyridine rings is 1. The molecule has 2 aromatic heterocycles. The molecule has 0 aliphatic heterocycles. The first-order valence-electron chi connectivity index (χ1n) is 7.58. The fraction of sp³-hybridized carbons (Fsp3) is 0.235. The number of benzene rings is 1. The zero-order valence-corrected chi connectivity index (χ0v) is 13.8. The Labute approximate surface area is 135 Å². The van der Waals surface area contributed by atoms with Gasteiger partial charge in [-0.05, 0) is 36.4 Å². The SMILES string of the molecule is CCS(=O)(=O)c1ccc(NCCc2cn3ccccc3n2)cc1. The van der Waals surface area contributed by atoms with Gasteiger partial charge in [-0.3, -0.25) is 0 Å². The highest BCUT2D eigenvalue weighted by Crippen LogP contribution is 2.15. The molecular formula is C17H19N3O2S. The first-order valence-corrected chi connectivity index (χ1v) is 9.23. The lowest BCUT2D eigenvalue weighted by Gasteiger charge is -2.06. The van der Waals surface area contributed by atoms with Crippen LogP contribution in [0.4, 0.5) is 5.69 Å². The molecule has 3 rings (SSSR count). The van der Waals surface area contributed by atoms with Crippen molar-refractivity contribution >= 4 is 21.2 Å². The summed E-state index contributed by atoms with van der Waals surface area (Å²) in [4.78, 5) is 4.91. The number of hydrogen-bond acceptors (Lipinski definition) is 4. The van der Waals surface area contributed by atoms with E-state index in [0.29, 0.717) is 4.90 Å². The maximum absolute atomic E-state index is 11.8. The summed E-state index contributed by atoms with van der Waals surface area (Å²) in [5.41, 5.74) is 2.87. The van der Waals surface area contributed by atoms with Gasteiger partial charge in [-0.25, -0.2) is 13.4 Å². The molecule has 0 aliphatic rings. The number of nitrogens with one attached hydrogen (secondary N) is 1. The number of fused-ring (bicyclic) bond motifs is 1. The van der Waals surface area contributed by atoms with Crippen LogP contribution in [0.3, 0.4) is 0 Å². The van der Waals surface area contributed by atoms with E-state index in [1.807, 2.05) is 35.0 Å². The van der Waals surface area contributed by atoms with E-state index in [-0.39, 0.29) is 5.75 Å². The first-order chi connectivity index (χ1) is 11.1. The number of aromatic nitrogens is 2. The Morgan fingerprint density at radius 2 is 1.91 bits per heavy atom. The minimum atomic E-state index is -3.13. The lowest BCUT2D eigenvalue weighted by molar-refractivity contribution is 0.597. The predicted octanol–water partition coefficient (Wildman–Crippen LogP) is 2.78. The molecule has 2 heterocycles. The molecule has 1 N–H and O–H groups in total. The molecule has 0 bridgehead atoms. The Morgan fingerprint density at radius 1 is 1.13 bits per heavy atom. The standard InChI is InChI=1S/C17H19N3O2S/c1-2-23(21,22)16-8-6-14(7-9-16)18-11-10-15-13-20-12-4-3-5-17(20)19-15/h3-9,12-13,18H,2,10-11H2,1H3. The lowest BCUT2D eigenvalue weighted by Crippen LogP contribution is -2.06. The second-order valence-electron chi connectivity index (χ2n) is 5.30. The summed E-state index contributed by atoms with van der Waals surface area (Å²) in [6.07, 6.45) is 4.80. The molecule has 5 nitrogen and oxygen atoms in total. The van der Waals surface area contributed by atoms with Crippen LogP contribution in [0.5, 0.6) is 0 Å². The maximum Gasteiger partial charge on any atom is 0.178 e. The van der Waals surface area contributed by atoms with E-state index < -0.39 is 9.84 Å². The molecule has 120 valence electrons. The van der Waals surface area contributed by atoms with Gasteiger partial charge in [0.1, 0.15) is 5.65 Å². The third-order valence-electron chi connectivity index (χ3n) is 3.72. The summed E-state index contributed by atoms with van der Waals surface area (Å²) in [6.45, 7) is 2.39. The van der Waals surface area contributed by atoms with Gasteiger partial charge in [0.2, 0.25) is 0 Å². The average molecular weight is 329 g/mol. The highest BCUT2D eigenvalue weighted by Gasteiger charge is 2.10. The second-order valence-corrected chi connectivity index (χ2v) is 7.58. The van der Waals surface area contributed by atoms with Gasteiger partial charge in [-0.2, -0.15) is 0 Å². The number of nitrogens with zero attached hydrogens (tertiary/aromatic N) is 2. The summed E-state index contributed by atoms with van der Waals surface area (Å²) in [5.74, 6) is 0.119. The fourth-order valence-corrected chi connectivity index (χ4v) is 3.27. The van der Waals surface area contributed by atoms with Gasteiger partial charge in [0.05, 0.1) is 16.3 Å². The molecule has 0 atom stereocenters. The summed E-state index contributed by atoms with van der Waals surface area (Å²) in [7, 11) is -3.13. The van der Waals surface area contributed by atoms with E-state index in [1.165, 1.54) is 0 Å². The highest BCUT2D eigenvalue weighted by atomic mass is 32.2. The van der Waals surface area contributed by atoms with Crippen molar-refractivity contribution in [3.8, 4) is 0 Å². The average Bonchev–Trinajstić information content (AvgIpc) is 2.98. The Balaban J connectivity index is 1.60. The van der Waals surface area contributed by atoms with Gasteiger partial charge in [0.15, 0.2) is 9.84 Å². The van der Waals surface area contributed by atoms with Crippen LogP contribution in [-0.2, 0) is 16.3 Å². The van der Waals surface area contributed by atoms with Crippen LogP contribution in [0.25, 0.3) is 5.65 Å². The summed E-state index contributed by atoms with van der Waals surface area (Å²) >= 11 is 0. The monoisotopic (exact) mass is 329 g/mol. The Morgan fingerprint density at radius 3 is 2.61 bits per heavy atom. The van der Waals surface area contributed by atoms with Crippen molar-refractivity contribution in [3.05, 3.63) is 60.6 Å². The highest BCUT2D eigenvalue weighted by molar-refractivity contribution is 7.91. The van der Waals surface area contributed by atoms with Crippen LogP contribution in [0, 0.1) is 0 Å². The Hall–Kier alpha value is -2.34. The molecule has 1 aromatic carbocycles. The van der Waals surface area contributed by atoms with Gasteiger partial charge in [-0.15, -0.1) is 0 Å². The quantitative estimate of drug-likeness (QED) is 0.755. The number of anilines is 1. The topological polar surface area (TPSA) is 63.5 Å². The van der Waals surface area contributed by atoms with Crippen molar-refractivity contribution < 1.29 is 8.42 Å². The van der Waals surface area contributed by atoms with Gasteiger partial charge >= 0.3 is 0 Å². The maximum atomic E-state index is 11.8. The molecule has 0 amide bonds. The third kappa shape index (κ3) is 3.53. The van der Waals surface area contributed by atoms with Crippen molar-refractivity contribution in [3.63, 3.8) is 0 Å². The van der Waals surface area contributed by atoms with E-state index in [4.69, 9.17) is 0 Å². The molecule has 0 radical (unpaired) electrons. The van der Waals surface area contributed by atoms with Crippen LogP contribution >= 0.6 is 0 Å². The van der Waals surface area contributed by atoms with E-state index in [1.54, 1.807) is 31.2 Å². The van der Waals surface area contributed by atoms with Gasteiger partial charge in [0.25, 0.3) is 0 Å². The van der Waals surface area contributed by atoms with Crippen molar-refractivity contribution in [1.82, 2.24) is 9.38 Å². The Bertz CT molecular complexity index is 866. The lowest BCUT2D eigenvalue weighted by atomic mass is 10.3. The van der Waals surface area contributed by atoms with Crippen molar-refractivity contribution in [2.75, 3.05) is 17.6 Å². The predicted molar refractivity (Wildman–Crippen MR) is 91.6 cm³/mol. The van der Waals surface area contributed by atoms with Crippen LogP contribution in [0.1, 0.15) is 12.6 Å². The smallest absolute Gasteiger partial charge is 0.178 e. The molecule has 23 heavy (non-hydrogen) atoms. The number of rotatable bonds is 6. The number of hydrogen-bond donors (Lipinski definition) is 1. The van der Waals surface area contributed by atoms with Gasteiger partial charge < -0.3 is 9.72 Å². The van der Waals surface area contributed by atoms with E-state index >= 15 is 0 Å². The fourth-order valence-electron chi connectivity index (χ4n) is 2.39. The minimum absolute atomic E-state index is 0.119. The molecule has 3 aromatic rings. The zero-order valence-electron chi connectivity index (χ0n) is 12.9. The first kappa shape index (κ1) is 15.6. The number of sulfone groups is 1. The minimum Gasteiger partial charge on any atom is -0.385 e.